The van der Waals surface area contributed by atoms with Gasteiger partial charge in [0, 0.05) is 10.6 Å². The SMILES string of the molecule is COC(=O)c1nc(-c2ccc(Cl)cc2)c(Cl)c(N)c1OC. The Balaban J connectivity index is 2.69. The lowest BCUT2D eigenvalue weighted by Gasteiger charge is -2.14. The number of rotatable bonds is 3. The summed E-state index contributed by atoms with van der Waals surface area (Å²) < 4.78 is 9.78. The quantitative estimate of drug-likeness (QED) is 0.874. The van der Waals surface area contributed by atoms with Crippen LogP contribution in [0.2, 0.25) is 10.0 Å². The van der Waals surface area contributed by atoms with Crippen LogP contribution in [0.15, 0.2) is 24.3 Å². The van der Waals surface area contributed by atoms with Crippen LogP contribution in [0.1, 0.15) is 10.5 Å². The van der Waals surface area contributed by atoms with Crippen molar-refractivity contribution < 1.29 is 14.3 Å². The first kappa shape index (κ1) is 15.4. The number of halogens is 2. The third-order valence-electron chi connectivity index (χ3n) is 2.83. The highest BCUT2D eigenvalue weighted by atomic mass is 35.5. The van der Waals surface area contributed by atoms with Crippen LogP contribution in [0.4, 0.5) is 5.69 Å². The van der Waals surface area contributed by atoms with Gasteiger partial charge in [0.25, 0.3) is 0 Å². The zero-order valence-corrected chi connectivity index (χ0v) is 12.8. The number of ether oxygens (including phenoxy) is 2. The first-order valence-corrected chi connectivity index (χ1v) is 6.62. The average molecular weight is 327 g/mol. The van der Waals surface area contributed by atoms with E-state index in [1.165, 1.54) is 14.2 Å². The number of pyridine rings is 1. The molecule has 0 atom stereocenters. The van der Waals surface area contributed by atoms with Gasteiger partial charge in [-0.25, -0.2) is 9.78 Å². The molecule has 0 unspecified atom stereocenters. The van der Waals surface area contributed by atoms with Crippen molar-refractivity contribution in [2.75, 3.05) is 20.0 Å². The minimum Gasteiger partial charge on any atom is -0.492 e. The number of nitrogens with two attached hydrogens (primary N) is 1. The van der Waals surface area contributed by atoms with Crippen LogP contribution in [0.5, 0.6) is 5.75 Å². The summed E-state index contributed by atoms with van der Waals surface area (Å²) >= 11 is 12.1. The Hall–Kier alpha value is -1.98. The van der Waals surface area contributed by atoms with Crippen LogP contribution in [0.3, 0.4) is 0 Å². The van der Waals surface area contributed by atoms with E-state index < -0.39 is 5.97 Å². The second-order valence-electron chi connectivity index (χ2n) is 4.07. The van der Waals surface area contributed by atoms with Crippen molar-refractivity contribution in [3.8, 4) is 17.0 Å². The van der Waals surface area contributed by atoms with Crippen LogP contribution < -0.4 is 10.5 Å². The van der Waals surface area contributed by atoms with E-state index in [9.17, 15) is 4.79 Å². The van der Waals surface area contributed by atoms with E-state index in [0.717, 1.165) is 0 Å². The van der Waals surface area contributed by atoms with Crippen molar-refractivity contribution in [1.29, 1.82) is 0 Å². The van der Waals surface area contributed by atoms with Gasteiger partial charge < -0.3 is 15.2 Å². The third kappa shape index (κ3) is 2.89. The predicted molar refractivity (Wildman–Crippen MR) is 82.0 cm³/mol. The van der Waals surface area contributed by atoms with E-state index in [-0.39, 0.29) is 22.2 Å². The molecule has 0 spiro atoms. The lowest BCUT2D eigenvalue weighted by Crippen LogP contribution is -2.10. The van der Waals surface area contributed by atoms with E-state index in [2.05, 4.69) is 9.72 Å². The Morgan fingerprint density at radius 3 is 2.33 bits per heavy atom. The molecule has 0 aliphatic carbocycles. The topological polar surface area (TPSA) is 74.4 Å². The third-order valence-corrected chi connectivity index (χ3v) is 3.46. The molecule has 0 saturated carbocycles. The lowest BCUT2D eigenvalue weighted by molar-refractivity contribution is 0.0590. The van der Waals surface area contributed by atoms with E-state index >= 15 is 0 Å². The summed E-state index contributed by atoms with van der Waals surface area (Å²) in [5.41, 5.74) is 7.04. The fraction of sp³-hybridized carbons (Fsp3) is 0.143. The molecule has 0 aliphatic rings. The van der Waals surface area contributed by atoms with Crippen molar-refractivity contribution in [2.24, 2.45) is 0 Å². The standard InChI is InChI=1S/C14H12Cl2N2O3/c1-20-13-10(17)9(16)11(18-12(13)14(19)21-2)7-3-5-8(15)6-4-7/h3-6H,1-2H3,(H2,17,18). The zero-order chi connectivity index (χ0) is 15.6. The number of benzene rings is 1. The molecule has 0 bridgehead atoms. The van der Waals surface area contributed by atoms with Crippen LogP contribution in [0, 0.1) is 0 Å². The van der Waals surface area contributed by atoms with Gasteiger partial charge in [-0.3, -0.25) is 0 Å². The molecule has 2 rings (SSSR count). The monoisotopic (exact) mass is 326 g/mol. The minimum atomic E-state index is -0.662. The molecule has 1 aromatic heterocycles. The molecule has 0 aliphatic heterocycles. The maximum atomic E-state index is 11.8. The van der Waals surface area contributed by atoms with E-state index in [0.29, 0.717) is 16.3 Å². The van der Waals surface area contributed by atoms with Crippen molar-refractivity contribution in [1.82, 2.24) is 4.98 Å². The van der Waals surface area contributed by atoms with Crippen LogP contribution in [-0.4, -0.2) is 25.2 Å². The number of anilines is 1. The van der Waals surface area contributed by atoms with Gasteiger partial charge in [-0.15, -0.1) is 0 Å². The average Bonchev–Trinajstić information content (AvgIpc) is 2.50. The normalized spacial score (nSPS) is 10.3. The second-order valence-corrected chi connectivity index (χ2v) is 4.88. The molecule has 0 amide bonds. The maximum Gasteiger partial charge on any atom is 0.360 e. The van der Waals surface area contributed by atoms with Crippen molar-refractivity contribution >= 4 is 34.9 Å². The number of aromatic nitrogens is 1. The molecule has 21 heavy (non-hydrogen) atoms. The minimum absolute atomic E-state index is 0.0353. The van der Waals surface area contributed by atoms with Gasteiger partial charge >= 0.3 is 5.97 Å². The summed E-state index contributed by atoms with van der Waals surface area (Å²) in [4.78, 5) is 16.0. The number of hydrogen-bond acceptors (Lipinski definition) is 5. The first-order valence-electron chi connectivity index (χ1n) is 5.86. The van der Waals surface area contributed by atoms with Gasteiger partial charge in [-0.05, 0) is 12.1 Å². The summed E-state index contributed by atoms with van der Waals surface area (Å²) in [5.74, 6) is -0.574. The smallest absolute Gasteiger partial charge is 0.360 e. The number of hydrogen-bond donors (Lipinski definition) is 1. The molecule has 1 aromatic carbocycles. The van der Waals surface area contributed by atoms with E-state index in [1.54, 1.807) is 24.3 Å². The fourth-order valence-corrected chi connectivity index (χ4v) is 2.17. The molecular weight excluding hydrogens is 315 g/mol. The van der Waals surface area contributed by atoms with Gasteiger partial charge in [-0.1, -0.05) is 35.3 Å². The van der Waals surface area contributed by atoms with Crippen LogP contribution in [0.25, 0.3) is 11.3 Å². The largest absolute Gasteiger partial charge is 0.492 e. The van der Waals surface area contributed by atoms with Gasteiger partial charge in [0.1, 0.15) is 0 Å². The number of methoxy groups -OCH3 is 2. The first-order chi connectivity index (χ1) is 9.99. The summed E-state index contributed by atoms with van der Waals surface area (Å²) in [6, 6.07) is 6.83. The van der Waals surface area contributed by atoms with Crippen molar-refractivity contribution in [3.63, 3.8) is 0 Å². The van der Waals surface area contributed by atoms with Gasteiger partial charge in [0.15, 0.2) is 11.4 Å². The van der Waals surface area contributed by atoms with Gasteiger partial charge in [0.05, 0.1) is 30.6 Å². The van der Waals surface area contributed by atoms with Gasteiger partial charge in [-0.2, -0.15) is 0 Å². The highest BCUT2D eigenvalue weighted by molar-refractivity contribution is 6.36. The molecule has 0 saturated heterocycles. The van der Waals surface area contributed by atoms with Crippen LogP contribution in [-0.2, 0) is 4.74 Å². The summed E-state index contributed by atoms with van der Waals surface area (Å²) in [6.07, 6.45) is 0. The highest BCUT2D eigenvalue weighted by Gasteiger charge is 2.23. The molecule has 1 heterocycles. The fourth-order valence-electron chi connectivity index (χ4n) is 1.81. The summed E-state index contributed by atoms with van der Waals surface area (Å²) in [7, 11) is 2.62. The van der Waals surface area contributed by atoms with Crippen molar-refractivity contribution in [3.05, 3.63) is 40.0 Å². The Morgan fingerprint density at radius 1 is 1.19 bits per heavy atom. The molecule has 2 N–H and O–H groups in total. The zero-order valence-electron chi connectivity index (χ0n) is 11.3. The number of esters is 1. The molecule has 0 radical (unpaired) electrons. The van der Waals surface area contributed by atoms with E-state index in [1.807, 2.05) is 0 Å². The lowest BCUT2D eigenvalue weighted by atomic mass is 10.1. The molecule has 7 heteroatoms. The number of nitrogens with zero attached hydrogens (tertiary/aromatic N) is 1. The number of nitrogen functional groups attached to an aromatic ring is 1. The Bertz CT molecular complexity index is 688. The number of carbonyl (C=O) groups excluding carboxylic acids is 1. The number of carbonyl (C=O) groups is 1. The molecule has 0 fully saturated rings. The molecule has 5 nitrogen and oxygen atoms in total. The molecule has 110 valence electrons. The van der Waals surface area contributed by atoms with Crippen LogP contribution >= 0.6 is 23.2 Å². The van der Waals surface area contributed by atoms with Crippen molar-refractivity contribution in [2.45, 2.75) is 0 Å². The Morgan fingerprint density at radius 2 is 1.81 bits per heavy atom. The summed E-state index contributed by atoms with van der Waals surface area (Å²) in [5, 5.41) is 0.770. The Kier molecular flexibility index (Phi) is 4.55. The van der Waals surface area contributed by atoms with E-state index in [4.69, 9.17) is 33.7 Å². The Labute approximate surface area is 131 Å². The maximum absolute atomic E-state index is 11.8. The summed E-state index contributed by atoms with van der Waals surface area (Å²) in [6.45, 7) is 0. The molecular formula is C14H12Cl2N2O3. The second kappa shape index (κ2) is 6.20. The molecule has 2 aromatic rings. The highest BCUT2D eigenvalue weighted by Crippen LogP contribution is 2.39. The van der Waals surface area contributed by atoms with Gasteiger partial charge in [0.2, 0.25) is 0 Å². The predicted octanol–water partition coefficient (Wildman–Crippen LogP) is 3.43.